The molecule has 31 heavy (non-hydrogen) atoms. The van der Waals surface area contributed by atoms with Crippen molar-refractivity contribution < 1.29 is 4.74 Å². The monoisotopic (exact) mass is 429 g/mol. The molecule has 0 amide bonds. The number of morpholine rings is 1. The summed E-state index contributed by atoms with van der Waals surface area (Å²) in [5.74, 6) is 0. The summed E-state index contributed by atoms with van der Waals surface area (Å²) in [5.41, 5.74) is 4.60. The second kappa shape index (κ2) is 8.52. The van der Waals surface area contributed by atoms with Crippen molar-refractivity contribution in [2.75, 3.05) is 38.2 Å². The smallest absolute Gasteiger partial charge is 0.125 e. The van der Waals surface area contributed by atoms with Crippen LogP contribution in [0.25, 0.3) is 27.2 Å². The Balaban J connectivity index is 1.46. The van der Waals surface area contributed by atoms with Crippen LogP contribution in [0.15, 0.2) is 42.7 Å². The van der Waals surface area contributed by atoms with Gasteiger partial charge in [-0.3, -0.25) is 4.90 Å². The van der Waals surface area contributed by atoms with E-state index in [0.29, 0.717) is 5.56 Å². The quantitative estimate of drug-likeness (QED) is 0.464. The summed E-state index contributed by atoms with van der Waals surface area (Å²) in [4.78, 5) is 12.2. The molecule has 4 aromatic rings. The minimum Gasteiger partial charge on any atom is -0.379 e. The number of rotatable bonds is 5. The van der Waals surface area contributed by atoms with Crippen molar-refractivity contribution in [3.8, 4) is 6.07 Å². The van der Waals surface area contributed by atoms with E-state index >= 15 is 0 Å². The molecule has 156 valence electrons. The van der Waals surface area contributed by atoms with Crippen LogP contribution in [0.5, 0.6) is 0 Å². The lowest BCUT2D eigenvalue weighted by molar-refractivity contribution is 0.0435. The first kappa shape index (κ1) is 19.8. The van der Waals surface area contributed by atoms with Crippen molar-refractivity contribution in [1.82, 2.24) is 14.9 Å². The van der Waals surface area contributed by atoms with Gasteiger partial charge >= 0.3 is 0 Å². The molecule has 0 aliphatic carbocycles. The summed E-state index contributed by atoms with van der Waals surface area (Å²) in [5, 5.41) is 15.4. The van der Waals surface area contributed by atoms with Crippen LogP contribution in [0.4, 0.5) is 11.4 Å². The average molecular weight is 430 g/mol. The maximum Gasteiger partial charge on any atom is 0.125 e. The number of nitrogens with one attached hydrogen (secondary N) is 2. The minimum absolute atomic E-state index is 0.544. The van der Waals surface area contributed by atoms with Gasteiger partial charge in [-0.15, -0.1) is 11.3 Å². The highest BCUT2D eigenvalue weighted by Crippen LogP contribution is 2.36. The second-order valence-corrected chi connectivity index (χ2v) is 8.71. The minimum atomic E-state index is 0.544. The molecule has 0 saturated carbocycles. The number of benzene rings is 1. The van der Waals surface area contributed by atoms with E-state index in [1.807, 2.05) is 6.20 Å². The zero-order valence-electron chi connectivity index (χ0n) is 17.3. The molecule has 4 heterocycles. The largest absolute Gasteiger partial charge is 0.379 e. The molecule has 3 aromatic heterocycles. The lowest BCUT2D eigenvalue weighted by Crippen LogP contribution is -2.36. The normalized spacial score (nSPS) is 15.1. The predicted octanol–water partition coefficient (Wildman–Crippen LogP) is 5.05. The Morgan fingerprint density at radius 1 is 1.29 bits per heavy atom. The number of ether oxygens (including phenoxy) is 1. The van der Waals surface area contributed by atoms with Crippen LogP contribution in [-0.4, -0.2) is 47.7 Å². The first-order valence-corrected chi connectivity index (χ1v) is 11.2. The Hall–Kier alpha value is -3.18. The lowest BCUT2D eigenvalue weighted by atomic mass is 10.1. The van der Waals surface area contributed by atoms with Crippen LogP contribution in [0.1, 0.15) is 16.0 Å². The van der Waals surface area contributed by atoms with E-state index in [0.717, 1.165) is 70.4 Å². The number of H-pyrrole nitrogens is 1. The number of anilines is 2. The van der Waals surface area contributed by atoms with Gasteiger partial charge < -0.3 is 15.0 Å². The van der Waals surface area contributed by atoms with Gasteiger partial charge in [0.25, 0.3) is 0 Å². The molecule has 1 aliphatic heterocycles. The highest BCUT2D eigenvalue weighted by molar-refractivity contribution is 7.19. The van der Waals surface area contributed by atoms with Crippen molar-refractivity contribution in [3.05, 3.63) is 58.7 Å². The standard InChI is InChI=1S/C24H23N5OS/c1-16-19-6-7-26-22(19)5-4-21(16)28-23-17(14-25)15-27-24-20(23)13-18(31-24)3-2-8-29-9-11-30-12-10-29/h2-7,13,15,26H,8-12H2,1H3,(H,27,28)/b3-2+. The topological polar surface area (TPSA) is 77.0 Å². The number of thiophene rings is 1. The Morgan fingerprint density at radius 3 is 3.00 bits per heavy atom. The van der Waals surface area contributed by atoms with Gasteiger partial charge in [-0.05, 0) is 42.8 Å². The van der Waals surface area contributed by atoms with E-state index in [-0.39, 0.29) is 0 Å². The van der Waals surface area contributed by atoms with Crippen molar-refractivity contribution in [2.24, 2.45) is 0 Å². The van der Waals surface area contributed by atoms with Gasteiger partial charge in [0.1, 0.15) is 10.9 Å². The maximum absolute atomic E-state index is 9.70. The third-order valence-corrected chi connectivity index (χ3v) is 6.72. The van der Waals surface area contributed by atoms with Gasteiger partial charge in [0.15, 0.2) is 0 Å². The van der Waals surface area contributed by atoms with Gasteiger partial charge in [-0.25, -0.2) is 4.98 Å². The molecule has 0 unspecified atom stereocenters. The van der Waals surface area contributed by atoms with E-state index in [9.17, 15) is 5.26 Å². The summed E-state index contributed by atoms with van der Waals surface area (Å²) in [6.45, 7) is 6.57. The van der Waals surface area contributed by atoms with Crippen molar-refractivity contribution >= 4 is 49.9 Å². The molecule has 5 rings (SSSR count). The van der Waals surface area contributed by atoms with Crippen molar-refractivity contribution in [3.63, 3.8) is 0 Å². The van der Waals surface area contributed by atoms with Gasteiger partial charge in [0, 0.05) is 58.9 Å². The van der Waals surface area contributed by atoms with E-state index in [4.69, 9.17) is 4.74 Å². The Morgan fingerprint density at radius 2 is 2.16 bits per heavy atom. The van der Waals surface area contributed by atoms with E-state index < -0.39 is 0 Å². The van der Waals surface area contributed by atoms with Crippen LogP contribution < -0.4 is 5.32 Å². The fourth-order valence-corrected chi connectivity index (χ4v) is 4.91. The highest BCUT2D eigenvalue weighted by atomic mass is 32.1. The third-order valence-electron chi connectivity index (χ3n) is 5.71. The Kier molecular flexibility index (Phi) is 5.43. The zero-order valence-corrected chi connectivity index (χ0v) is 18.1. The summed E-state index contributed by atoms with van der Waals surface area (Å²) in [6, 6.07) is 10.6. The molecule has 0 spiro atoms. The van der Waals surface area contributed by atoms with E-state index in [1.165, 1.54) is 5.39 Å². The molecular formula is C24H23N5OS. The van der Waals surface area contributed by atoms with Crippen molar-refractivity contribution in [2.45, 2.75) is 6.92 Å². The van der Waals surface area contributed by atoms with Crippen LogP contribution in [-0.2, 0) is 4.74 Å². The number of aromatic amines is 1. The molecule has 0 atom stereocenters. The summed E-state index contributed by atoms with van der Waals surface area (Å²) in [7, 11) is 0. The Labute approximate surface area is 184 Å². The number of aryl methyl sites for hydroxylation is 1. The number of aromatic nitrogens is 2. The second-order valence-electron chi connectivity index (χ2n) is 7.64. The molecule has 0 radical (unpaired) electrons. The molecule has 2 N–H and O–H groups in total. The highest BCUT2D eigenvalue weighted by Gasteiger charge is 2.14. The molecule has 1 aromatic carbocycles. The molecular weight excluding hydrogens is 406 g/mol. The van der Waals surface area contributed by atoms with E-state index in [1.54, 1.807) is 17.5 Å². The maximum atomic E-state index is 9.70. The summed E-state index contributed by atoms with van der Waals surface area (Å²) >= 11 is 1.64. The molecule has 7 heteroatoms. The fourth-order valence-electron chi connectivity index (χ4n) is 3.97. The van der Waals surface area contributed by atoms with Gasteiger partial charge in [0.05, 0.1) is 24.5 Å². The van der Waals surface area contributed by atoms with Crippen molar-refractivity contribution in [1.29, 1.82) is 5.26 Å². The summed E-state index contributed by atoms with van der Waals surface area (Å²) < 4.78 is 5.41. The Bertz CT molecular complexity index is 1310. The number of hydrogen-bond donors (Lipinski definition) is 2. The third kappa shape index (κ3) is 3.93. The SMILES string of the molecule is Cc1c(Nc2c(C#N)cnc3sc(/C=C/CN4CCOCC4)cc23)ccc2[nH]ccc12. The molecule has 1 saturated heterocycles. The molecule has 1 fully saturated rings. The number of hydrogen-bond acceptors (Lipinski definition) is 6. The van der Waals surface area contributed by atoms with Gasteiger partial charge in [0.2, 0.25) is 0 Å². The number of fused-ring (bicyclic) bond motifs is 2. The van der Waals surface area contributed by atoms with Crippen LogP contribution in [0, 0.1) is 18.3 Å². The first-order valence-electron chi connectivity index (χ1n) is 10.4. The number of nitrogens with zero attached hydrogens (tertiary/aromatic N) is 3. The average Bonchev–Trinajstić information content (AvgIpc) is 3.44. The lowest BCUT2D eigenvalue weighted by Gasteiger charge is -2.25. The molecule has 6 nitrogen and oxygen atoms in total. The number of nitriles is 1. The van der Waals surface area contributed by atoms with Crippen LogP contribution >= 0.6 is 11.3 Å². The molecule has 1 aliphatic rings. The predicted molar refractivity (Wildman–Crippen MR) is 127 cm³/mol. The fraction of sp³-hybridized carbons (Fsp3) is 0.250. The van der Waals surface area contributed by atoms with Gasteiger partial charge in [-0.1, -0.05) is 6.08 Å². The van der Waals surface area contributed by atoms with Crippen LogP contribution in [0.2, 0.25) is 0 Å². The van der Waals surface area contributed by atoms with E-state index in [2.05, 4.69) is 69.6 Å². The number of pyridine rings is 1. The van der Waals surface area contributed by atoms with Gasteiger partial charge in [-0.2, -0.15) is 5.26 Å². The van der Waals surface area contributed by atoms with Crippen LogP contribution in [0.3, 0.4) is 0 Å². The summed E-state index contributed by atoms with van der Waals surface area (Å²) in [6.07, 6.45) is 7.95. The molecule has 0 bridgehead atoms. The first-order chi connectivity index (χ1) is 15.2. The zero-order chi connectivity index (χ0) is 21.2.